The number of fused-ring (bicyclic) bond motifs is 1. The van der Waals surface area contributed by atoms with Gasteiger partial charge in [0.1, 0.15) is 11.6 Å². The van der Waals surface area contributed by atoms with Crippen molar-refractivity contribution in [1.82, 2.24) is 10.2 Å². The summed E-state index contributed by atoms with van der Waals surface area (Å²) in [6, 6.07) is 16.5. The van der Waals surface area contributed by atoms with Crippen molar-refractivity contribution in [3.8, 4) is 0 Å². The molecule has 0 saturated heterocycles. The Hall–Kier alpha value is -4.06. The Morgan fingerprint density at radius 3 is 2.50 bits per heavy atom. The molecule has 3 aromatic carbocycles. The van der Waals surface area contributed by atoms with Gasteiger partial charge in [0.25, 0.3) is 0 Å². The van der Waals surface area contributed by atoms with Gasteiger partial charge in [-0.1, -0.05) is 37.3 Å². The normalized spacial score (nSPS) is 12.3. The maximum Gasteiger partial charge on any atom is 0.328 e. The van der Waals surface area contributed by atoms with E-state index in [0.29, 0.717) is 12.0 Å². The van der Waals surface area contributed by atoms with Crippen molar-refractivity contribution in [3.05, 3.63) is 107 Å². The molecule has 0 spiro atoms. The van der Waals surface area contributed by atoms with Crippen LogP contribution in [-0.2, 0) is 4.79 Å². The molecule has 0 aliphatic carbocycles. The van der Waals surface area contributed by atoms with Crippen molar-refractivity contribution in [1.29, 1.82) is 0 Å². The van der Waals surface area contributed by atoms with Gasteiger partial charge >= 0.3 is 5.97 Å². The van der Waals surface area contributed by atoms with Crippen LogP contribution in [0.3, 0.4) is 0 Å². The number of aromatic amines is 1. The first-order valence-corrected chi connectivity index (χ1v) is 10.1. The maximum atomic E-state index is 14.8. The summed E-state index contributed by atoms with van der Waals surface area (Å²) in [5, 5.41) is 16.7. The fourth-order valence-electron chi connectivity index (χ4n) is 3.77. The summed E-state index contributed by atoms with van der Waals surface area (Å²) in [5.41, 5.74) is 4.89. The average Bonchev–Trinajstić information content (AvgIpc) is 3.26. The van der Waals surface area contributed by atoms with Gasteiger partial charge in [0.2, 0.25) is 0 Å². The second-order valence-corrected chi connectivity index (χ2v) is 7.30. The lowest BCUT2D eigenvalue weighted by molar-refractivity contribution is -0.131. The first-order valence-electron chi connectivity index (χ1n) is 10.1. The number of rotatable bonds is 6. The number of aromatic nitrogens is 2. The van der Waals surface area contributed by atoms with Gasteiger partial charge in [-0.2, -0.15) is 5.10 Å². The topological polar surface area (TPSA) is 66.0 Å². The number of nitrogens with zero attached hydrogens (tertiary/aromatic N) is 1. The highest BCUT2D eigenvalue weighted by atomic mass is 19.1. The summed E-state index contributed by atoms with van der Waals surface area (Å²) in [4.78, 5) is 10.8. The van der Waals surface area contributed by atoms with E-state index in [1.165, 1.54) is 12.1 Å². The van der Waals surface area contributed by atoms with Crippen LogP contribution in [0, 0.1) is 11.6 Å². The van der Waals surface area contributed by atoms with Gasteiger partial charge in [-0.25, -0.2) is 13.6 Å². The molecule has 32 heavy (non-hydrogen) atoms. The number of hydrogen-bond donors (Lipinski definition) is 2. The van der Waals surface area contributed by atoms with Gasteiger partial charge < -0.3 is 5.11 Å². The highest BCUT2D eigenvalue weighted by Crippen LogP contribution is 2.36. The Morgan fingerprint density at radius 2 is 1.78 bits per heavy atom. The molecule has 1 heterocycles. The van der Waals surface area contributed by atoms with Crippen LogP contribution in [0.2, 0.25) is 0 Å². The van der Waals surface area contributed by atoms with Gasteiger partial charge in [0.05, 0.1) is 11.7 Å². The molecule has 0 unspecified atom stereocenters. The molecule has 4 nitrogen and oxygen atoms in total. The molecule has 0 amide bonds. The van der Waals surface area contributed by atoms with E-state index in [1.54, 1.807) is 18.3 Å². The first kappa shape index (κ1) is 21.2. The third-order valence-electron chi connectivity index (χ3n) is 5.26. The van der Waals surface area contributed by atoms with E-state index >= 15 is 0 Å². The number of carboxylic acid groups (broad SMARTS) is 1. The molecule has 0 aliphatic rings. The van der Waals surface area contributed by atoms with Crippen LogP contribution in [0.25, 0.3) is 28.1 Å². The summed E-state index contributed by atoms with van der Waals surface area (Å²) in [6.07, 6.45) is 4.75. The lowest BCUT2D eigenvalue weighted by Crippen LogP contribution is -1.98. The monoisotopic (exact) mass is 430 g/mol. The Labute approximate surface area is 183 Å². The minimum Gasteiger partial charge on any atom is -0.478 e. The van der Waals surface area contributed by atoms with E-state index in [0.717, 1.165) is 51.4 Å². The molecule has 6 heteroatoms. The molecule has 0 fully saturated rings. The number of H-pyrrole nitrogens is 1. The molecule has 0 atom stereocenters. The average molecular weight is 430 g/mol. The SMILES string of the molecule is CC/C(=C(/c1ccc(/C=C/C(=O)O)cc1)c1ccc2[nH]ncc2c1)c1cc(F)ccc1F. The van der Waals surface area contributed by atoms with Crippen molar-refractivity contribution in [2.75, 3.05) is 0 Å². The van der Waals surface area contributed by atoms with E-state index in [1.807, 2.05) is 37.3 Å². The van der Waals surface area contributed by atoms with Crippen LogP contribution in [0.4, 0.5) is 8.78 Å². The Morgan fingerprint density at radius 1 is 1.03 bits per heavy atom. The molecule has 0 saturated carbocycles. The van der Waals surface area contributed by atoms with E-state index in [2.05, 4.69) is 10.2 Å². The molecule has 1 aromatic heterocycles. The summed E-state index contributed by atoms with van der Waals surface area (Å²) in [5.74, 6) is -2.03. The molecule has 0 radical (unpaired) electrons. The highest BCUT2D eigenvalue weighted by Gasteiger charge is 2.17. The van der Waals surface area contributed by atoms with Crippen molar-refractivity contribution in [2.45, 2.75) is 13.3 Å². The quantitative estimate of drug-likeness (QED) is 0.278. The van der Waals surface area contributed by atoms with E-state index in [4.69, 9.17) is 5.11 Å². The van der Waals surface area contributed by atoms with Crippen LogP contribution in [0.5, 0.6) is 0 Å². The van der Waals surface area contributed by atoms with E-state index in [-0.39, 0.29) is 5.56 Å². The van der Waals surface area contributed by atoms with Crippen LogP contribution in [0.1, 0.15) is 35.6 Å². The zero-order valence-electron chi connectivity index (χ0n) is 17.3. The maximum absolute atomic E-state index is 14.8. The number of benzene rings is 3. The Bertz CT molecular complexity index is 1350. The predicted octanol–water partition coefficient (Wildman–Crippen LogP) is 6.31. The largest absolute Gasteiger partial charge is 0.478 e. The van der Waals surface area contributed by atoms with Gasteiger partial charge in [-0.3, -0.25) is 5.10 Å². The second kappa shape index (κ2) is 8.98. The van der Waals surface area contributed by atoms with Gasteiger partial charge in [-0.05, 0) is 70.7 Å². The lowest BCUT2D eigenvalue weighted by Gasteiger charge is -2.17. The second-order valence-electron chi connectivity index (χ2n) is 7.30. The van der Waals surface area contributed by atoms with E-state index in [9.17, 15) is 13.6 Å². The Kier molecular flexibility index (Phi) is 5.94. The first-order chi connectivity index (χ1) is 15.5. The van der Waals surface area contributed by atoms with Crippen LogP contribution in [0.15, 0.2) is 72.9 Å². The smallest absolute Gasteiger partial charge is 0.328 e. The summed E-state index contributed by atoms with van der Waals surface area (Å²) in [6.45, 7) is 1.90. The molecule has 2 N–H and O–H groups in total. The summed E-state index contributed by atoms with van der Waals surface area (Å²) in [7, 11) is 0. The van der Waals surface area contributed by atoms with Crippen LogP contribution >= 0.6 is 0 Å². The molecule has 160 valence electrons. The molecule has 4 rings (SSSR count). The molecular formula is C26H20F2N2O2. The van der Waals surface area contributed by atoms with Crippen molar-refractivity contribution in [2.24, 2.45) is 0 Å². The third-order valence-corrected chi connectivity index (χ3v) is 5.26. The molecule has 0 bridgehead atoms. The lowest BCUT2D eigenvalue weighted by atomic mass is 9.87. The number of allylic oxidation sites excluding steroid dienone is 1. The van der Waals surface area contributed by atoms with Gasteiger partial charge in [0.15, 0.2) is 0 Å². The number of hydrogen-bond acceptors (Lipinski definition) is 2. The molecule has 0 aliphatic heterocycles. The minimum atomic E-state index is -1.03. The van der Waals surface area contributed by atoms with Crippen molar-refractivity contribution >= 4 is 34.1 Å². The van der Waals surface area contributed by atoms with Crippen molar-refractivity contribution < 1.29 is 18.7 Å². The van der Waals surface area contributed by atoms with Crippen molar-refractivity contribution in [3.63, 3.8) is 0 Å². The fraction of sp³-hybridized carbons (Fsp3) is 0.0769. The molecule has 4 aromatic rings. The summed E-state index contributed by atoms with van der Waals surface area (Å²) < 4.78 is 28.8. The third kappa shape index (κ3) is 4.34. The molecular weight excluding hydrogens is 410 g/mol. The van der Waals surface area contributed by atoms with Gasteiger partial charge in [-0.15, -0.1) is 0 Å². The highest BCUT2D eigenvalue weighted by molar-refractivity contribution is 6.00. The van der Waals surface area contributed by atoms with Crippen LogP contribution in [-0.4, -0.2) is 21.3 Å². The minimum absolute atomic E-state index is 0.213. The number of carboxylic acids is 1. The standard InChI is InChI=1S/C26H20F2N2O2/c1-2-21(22-14-20(27)9-10-23(22)28)26(18-8-11-24-19(13-18)15-29-30-24)17-6-3-16(4-7-17)5-12-25(31)32/h3-15H,2H2,1H3,(H,29,30)(H,31,32)/b12-5+,26-21+. The van der Waals surface area contributed by atoms with Gasteiger partial charge in [0, 0.05) is 17.0 Å². The summed E-state index contributed by atoms with van der Waals surface area (Å²) >= 11 is 0. The van der Waals surface area contributed by atoms with Crippen LogP contribution < -0.4 is 0 Å². The Balaban J connectivity index is 1.94. The van der Waals surface area contributed by atoms with E-state index < -0.39 is 17.6 Å². The zero-order chi connectivity index (χ0) is 22.7. The number of aliphatic carboxylic acids is 1. The number of halogens is 2. The predicted molar refractivity (Wildman–Crippen MR) is 122 cm³/mol. The number of carbonyl (C=O) groups is 1. The zero-order valence-corrected chi connectivity index (χ0v) is 17.3. The number of nitrogens with one attached hydrogen (secondary N) is 1. The fourth-order valence-corrected chi connectivity index (χ4v) is 3.77.